The normalized spacial score (nSPS) is 15.5. The topological polar surface area (TPSA) is 36.5 Å². The highest BCUT2D eigenvalue weighted by Crippen LogP contribution is 2.35. The summed E-state index contributed by atoms with van der Waals surface area (Å²) in [6, 6.07) is 16.4. The molecule has 0 amide bonds. The third-order valence-electron chi connectivity index (χ3n) is 5.66. The molecule has 0 N–H and O–H groups in total. The lowest BCUT2D eigenvalue weighted by Crippen LogP contribution is -3.00. The molecule has 0 spiro atoms. The molecule has 1 aliphatic heterocycles. The van der Waals surface area contributed by atoms with Gasteiger partial charge in [-0.1, -0.05) is 18.2 Å². The van der Waals surface area contributed by atoms with E-state index in [0.29, 0.717) is 11.1 Å². The van der Waals surface area contributed by atoms with Crippen molar-refractivity contribution in [3.05, 3.63) is 70.1 Å². The van der Waals surface area contributed by atoms with Crippen LogP contribution in [0.1, 0.15) is 37.8 Å². The number of benzene rings is 2. The van der Waals surface area contributed by atoms with Gasteiger partial charge in [-0.25, -0.2) is 4.79 Å². The van der Waals surface area contributed by atoms with Crippen molar-refractivity contribution in [1.29, 1.82) is 0 Å². The van der Waals surface area contributed by atoms with Crippen LogP contribution in [0.25, 0.3) is 11.0 Å². The molecular weight excluding hydrogens is 372 g/mol. The monoisotopic (exact) mass is 396 g/mol. The van der Waals surface area contributed by atoms with Crippen molar-refractivity contribution in [2.45, 2.75) is 26.7 Å². The molecule has 2 aromatic carbocycles. The molecule has 1 aliphatic rings. The standard InChI is InChI=1S/C23H25N2O2.ClH/c1-5-25(6-2)17-12-11-16-13-19(23(26)27-21(16)14-17)22-15(3)18-9-7-8-10-20(18)24(22)4;/h7-15H,5-6H2,1-4H3;1H/q+1;/p-1. The molecule has 4 rings (SSSR count). The predicted molar refractivity (Wildman–Crippen MR) is 111 cm³/mol. The minimum atomic E-state index is -0.277. The first-order valence-corrected chi connectivity index (χ1v) is 9.57. The van der Waals surface area contributed by atoms with Crippen molar-refractivity contribution in [3.63, 3.8) is 0 Å². The number of rotatable bonds is 4. The second-order valence-electron chi connectivity index (χ2n) is 7.07. The van der Waals surface area contributed by atoms with Gasteiger partial charge in [0.25, 0.3) is 0 Å². The van der Waals surface area contributed by atoms with Gasteiger partial charge in [0.05, 0.1) is 5.92 Å². The molecule has 0 bridgehead atoms. The van der Waals surface area contributed by atoms with E-state index in [0.717, 1.165) is 35.6 Å². The Morgan fingerprint density at radius 2 is 1.79 bits per heavy atom. The van der Waals surface area contributed by atoms with Gasteiger partial charge in [-0.3, -0.25) is 0 Å². The molecule has 28 heavy (non-hydrogen) atoms. The molecule has 4 nitrogen and oxygen atoms in total. The van der Waals surface area contributed by atoms with E-state index in [-0.39, 0.29) is 24.0 Å². The van der Waals surface area contributed by atoms with Gasteiger partial charge in [-0.15, -0.1) is 0 Å². The van der Waals surface area contributed by atoms with E-state index >= 15 is 0 Å². The third kappa shape index (κ3) is 3.12. The van der Waals surface area contributed by atoms with Crippen LogP contribution in [0.2, 0.25) is 0 Å². The van der Waals surface area contributed by atoms with Crippen LogP contribution in [0.4, 0.5) is 11.4 Å². The highest BCUT2D eigenvalue weighted by atomic mass is 35.5. The van der Waals surface area contributed by atoms with Crippen LogP contribution >= 0.6 is 0 Å². The van der Waals surface area contributed by atoms with Crippen LogP contribution in [0.5, 0.6) is 0 Å². The number of hydrogen-bond acceptors (Lipinski definition) is 3. The fourth-order valence-electron chi connectivity index (χ4n) is 4.20. The van der Waals surface area contributed by atoms with Gasteiger partial charge in [-0.2, -0.15) is 4.58 Å². The Kier molecular flexibility index (Phi) is 5.61. The van der Waals surface area contributed by atoms with Gasteiger partial charge in [0.1, 0.15) is 18.2 Å². The molecule has 1 atom stereocenters. The average molecular weight is 397 g/mol. The first-order valence-electron chi connectivity index (χ1n) is 9.57. The lowest BCUT2D eigenvalue weighted by atomic mass is 9.94. The van der Waals surface area contributed by atoms with E-state index in [1.807, 2.05) is 37.4 Å². The maximum atomic E-state index is 12.9. The molecule has 1 unspecified atom stereocenters. The molecule has 0 aliphatic carbocycles. The zero-order chi connectivity index (χ0) is 19.1. The Balaban J connectivity index is 0.00000225. The molecule has 3 aromatic rings. The van der Waals surface area contributed by atoms with E-state index in [4.69, 9.17) is 4.42 Å². The van der Waals surface area contributed by atoms with Crippen molar-refractivity contribution >= 4 is 28.1 Å². The molecule has 2 heterocycles. The third-order valence-corrected chi connectivity index (χ3v) is 5.66. The molecule has 146 valence electrons. The van der Waals surface area contributed by atoms with Crippen LogP contribution in [-0.2, 0) is 0 Å². The summed E-state index contributed by atoms with van der Waals surface area (Å²) in [5.41, 5.74) is 5.47. The molecular formula is C23H25ClN2O2. The van der Waals surface area contributed by atoms with Gasteiger partial charge >= 0.3 is 5.63 Å². The summed E-state index contributed by atoms with van der Waals surface area (Å²) in [6.07, 6.45) is 0. The maximum Gasteiger partial charge on any atom is 0.350 e. The summed E-state index contributed by atoms with van der Waals surface area (Å²) in [5.74, 6) is 0.154. The zero-order valence-corrected chi connectivity index (χ0v) is 17.5. The number of hydrogen-bond donors (Lipinski definition) is 0. The van der Waals surface area contributed by atoms with Crippen LogP contribution < -0.4 is 22.9 Å². The lowest BCUT2D eigenvalue weighted by molar-refractivity contribution is -0.401. The summed E-state index contributed by atoms with van der Waals surface area (Å²) in [7, 11) is 2.02. The first kappa shape index (κ1) is 20.2. The van der Waals surface area contributed by atoms with E-state index in [2.05, 4.69) is 48.4 Å². The highest BCUT2D eigenvalue weighted by Gasteiger charge is 2.37. The number of fused-ring (bicyclic) bond motifs is 2. The number of anilines is 1. The smallest absolute Gasteiger partial charge is 0.350 e. The van der Waals surface area contributed by atoms with Crippen molar-refractivity contribution in [3.8, 4) is 0 Å². The van der Waals surface area contributed by atoms with E-state index in [1.165, 1.54) is 5.56 Å². The SMILES string of the molecule is CCN(CC)c1ccc2cc(C3=[N+](C)c4ccccc4C3C)c(=O)oc2c1.[Cl-]. The van der Waals surface area contributed by atoms with Crippen LogP contribution in [0, 0.1) is 0 Å². The summed E-state index contributed by atoms with van der Waals surface area (Å²) >= 11 is 0. The van der Waals surface area contributed by atoms with Crippen molar-refractivity contribution in [1.82, 2.24) is 0 Å². The molecule has 0 fully saturated rings. The van der Waals surface area contributed by atoms with Gasteiger partial charge in [0.2, 0.25) is 11.4 Å². The molecule has 0 saturated heterocycles. The molecule has 0 saturated carbocycles. The summed E-state index contributed by atoms with van der Waals surface area (Å²) in [5, 5.41) is 0.949. The number of nitrogens with zero attached hydrogens (tertiary/aromatic N) is 2. The number of para-hydroxylation sites is 1. The van der Waals surface area contributed by atoms with Crippen molar-refractivity contribution < 1.29 is 21.4 Å². The second kappa shape index (κ2) is 7.80. The Labute approximate surface area is 171 Å². The fourth-order valence-corrected chi connectivity index (χ4v) is 4.20. The quantitative estimate of drug-likeness (QED) is 0.495. The van der Waals surface area contributed by atoms with Crippen molar-refractivity contribution in [2.75, 3.05) is 25.0 Å². The molecule has 5 heteroatoms. The molecule has 1 aromatic heterocycles. The highest BCUT2D eigenvalue weighted by molar-refractivity contribution is 6.05. The minimum Gasteiger partial charge on any atom is -1.00 e. The lowest BCUT2D eigenvalue weighted by Gasteiger charge is -2.21. The minimum absolute atomic E-state index is 0. The van der Waals surface area contributed by atoms with Crippen LogP contribution in [-0.4, -0.2) is 30.4 Å². The second-order valence-corrected chi connectivity index (χ2v) is 7.07. The zero-order valence-electron chi connectivity index (χ0n) is 16.7. The number of halogens is 1. The van der Waals surface area contributed by atoms with E-state index in [9.17, 15) is 4.79 Å². The van der Waals surface area contributed by atoms with Gasteiger partial charge in [-0.05, 0) is 39.0 Å². The van der Waals surface area contributed by atoms with Gasteiger partial charge < -0.3 is 21.7 Å². The fraction of sp³-hybridized carbons (Fsp3) is 0.304. The van der Waals surface area contributed by atoms with Gasteiger partial charge in [0.15, 0.2) is 0 Å². The Hall–Kier alpha value is -2.59. The average Bonchev–Trinajstić information content (AvgIpc) is 2.93. The summed E-state index contributed by atoms with van der Waals surface area (Å²) in [6.45, 7) is 8.23. The maximum absolute atomic E-state index is 12.9. The largest absolute Gasteiger partial charge is 1.00 e. The summed E-state index contributed by atoms with van der Waals surface area (Å²) < 4.78 is 7.86. The Bertz CT molecular complexity index is 1110. The van der Waals surface area contributed by atoms with Crippen LogP contribution in [0.3, 0.4) is 0 Å². The molecule has 0 radical (unpaired) electrons. The summed E-state index contributed by atoms with van der Waals surface area (Å²) in [4.78, 5) is 15.1. The van der Waals surface area contributed by atoms with E-state index < -0.39 is 0 Å². The predicted octanol–water partition coefficient (Wildman–Crippen LogP) is 1.52. The van der Waals surface area contributed by atoms with E-state index in [1.54, 1.807) is 0 Å². The Morgan fingerprint density at radius 3 is 2.46 bits per heavy atom. The first-order chi connectivity index (χ1) is 13.0. The van der Waals surface area contributed by atoms with Gasteiger partial charge in [0, 0.05) is 41.9 Å². The Morgan fingerprint density at radius 1 is 1.07 bits per heavy atom. The van der Waals surface area contributed by atoms with Crippen LogP contribution in [0.15, 0.2) is 57.7 Å². The van der Waals surface area contributed by atoms with Crippen molar-refractivity contribution in [2.24, 2.45) is 0 Å².